The van der Waals surface area contributed by atoms with Crippen LogP contribution in [0.5, 0.6) is 5.75 Å². The summed E-state index contributed by atoms with van der Waals surface area (Å²) in [4.78, 5) is 24.3. The van der Waals surface area contributed by atoms with E-state index in [2.05, 4.69) is 10.6 Å². The van der Waals surface area contributed by atoms with Gasteiger partial charge in [0.25, 0.3) is 0 Å². The van der Waals surface area contributed by atoms with E-state index in [4.69, 9.17) is 5.11 Å². The first-order chi connectivity index (χ1) is 9.31. The van der Waals surface area contributed by atoms with Crippen LogP contribution in [0.2, 0.25) is 0 Å². The molecule has 0 saturated carbocycles. The van der Waals surface area contributed by atoms with Crippen molar-refractivity contribution in [1.29, 1.82) is 0 Å². The molecule has 1 unspecified atom stereocenters. The molecule has 0 aliphatic carbocycles. The Labute approximate surface area is 117 Å². The van der Waals surface area contributed by atoms with Gasteiger partial charge in [-0.3, -0.25) is 0 Å². The Morgan fingerprint density at radius 1 is 1.35 bits per heavy atom. The van der Waals surface area contributed by atoms with Crippen molar-refractivity contribution < 1.29 is 19.8 Å². The molecule has 7 nitrogen and oxygen atoms in total. The maximum absolute atomic E-state index is 11.6. The van der Waals surface area contributed by atoms with Crippen LogP contribution in [0.3, 0.4) is 0 Å². The molecular formula is C13H19N3O4. The van der Waals surface area contributed by atoms with Gasteiger partial charge in [-0.2, -0.15) is 0 Å². The zero-order valence-electron chi connectivity index (χ0n) is 11.7. The summed E-state index contributed by atoms with van der Waals surface area (Å²) in [6, 6.07) is 3.44. The molecule has 1 aromatic carbocycles. The average Bonchev–Trinajstić information content (AvgIpc) is 2.37. The summed E-state index contributed by atoms with van der Waals surface area (Å²) in [5, 5.41) is 23.5. The van der Waals surface area contributed by atoms with Gasteiger partial charge in [-0.25, -0.2) is 9.59 Å². The topological polar surface area (TPSA) is 102 Å². The molecule has 20 heavy (non-hydrogen) atoms. The second-order valence-corrected chi connectivity index (χ2v) is 4.68. The number of urea groups is 1. The van der Waals surface area contributed by atoms with Gasteiger partial charge in [0.05, 0.1) is 11.3 Å². The van der Waals surface area contributed by atoms with E-state index >= 15 is 0 Å². The number of carbonyl (C=O) groups excluding carboxylic acids is 1. The molecule has 0 aliphatic heterocycles. The molecule has 4 N–H and O–H groups in total. The number of aromatic hydroxyl groups is 1. The molecule has 0 radical (unpaired) electrons. The largest absolute Gasteiger partial charge is 0.506 e. The third-order valence-corrected chi connectivity index (χ3v) is 2.93. The van der Waals surface area contributed by atoms with E-state index in [9.17, 15) is 14.7 Å². The third kappa shape index (κ3) is 4.43. The smallest absolute Gasteiger partial charge is 0.335 e. The van der Waals surface area contributed by atoms with Gasteiger partial charge in [-0.15, -0.1) is 0 Å². The molecule has 1 aromatic rings. The van der Waals surface area contributed by atoms with Crippen molar-refractivity contribution in [1.82, 2.24) is 10.2 Å². The number of carbonyl (C=O) groups is 2. The van der Waals surface area contributed by atoms with Gasteiger partial charge >= 0.3 is 12.0 Å². The molecule has 0 fully saturated rings. The number of nitrogens with one attached hydrogen (secondary N) is 2. The Hall–Kier alpha value is -2.28. The number of phenols is 1. The van der Waals surface area contributed by atoms with Crippen LogP contribution in [-0.4, -0.2) is 53.8 Å². The summed E-state index contributed by atoms with van der Waals surface area (Å²) in [5.74, 6) is -1.43. The third-order valence-electron chi connectivity index (χ3n) is 2.93. The highest BCUT2D eigenvalue weighted by Gasteiger charge is 2.11. The first-order valence-electron chi connectivity index (χ1n) is 6.09. The summed E-state index contributed by atoms with van der Waals surface area (Å²) in [6.07, 6.45) is 0. The maximum Gasteiger partial charge on any atom is 0.335 e. The summed E-state index contributed by atoms with van der Waals surface area (Å²) in [7, 11) is 3.81. The highest BCUT2D eigenvalue weighted by Crippen LogP contribution is 2.24. The fourth-order valence-electron chi connectivity index (χ4n) is 1.36. The van der Waals surface area contributed by atoms with Crippen LogP contribution in [0, 0.1) is 0 Å². The number of likely N-dealkylation sites (N-methyl/N-ethyl adjacent to an activating group) is 1. The number of hydrogen-bond acceptors (Lipinski definition) is 4. The minimum Gasteiger partial charge on any atom is -0.506 e. The van der Waals surface area contributed by atoms with Crippen molar-refractivity contribution >= 4 is 17.7 Å². The standard InChI is InChI=1S/C13H19N3O4/c1-8(16(2)3)7-14-13(20)15-10-5-4-9(12(18)19)6-11(10)17/h4-6,8,17H,7H2,1-3H3,(H,18,19)(H2,14,15,20). The van der Waals surface area contributed by atoms with E-state index in [0.29, 0.717) is 6.54 Å². The molecule has 0 bridgehead atoms. The zero-order valence-corrected chi connectivity index (χ0v) is 11.7. The molecular weight excluding hydrogens is 262 g/mol. The van der Waals surface area contributed by atoms with Crippen LogP contribution in [0.15, 0.2) is 18.2 Å². The predicted molar refractivity (Wildman–Crippen MR) is 75.2 cm³/mol. The van der Waals surface area contributed by atoms with Crippen molar-refractivity contribution in [3.63, 3.8) is 0 Å². The fourth-order valence-corrected chi connectivity index (χ4v) is 1.36. The molecule has 110 valence electrons. The lowest BCUT2D eigenvalue weighted by Crippen LogP contribution is -2.40. The molecule has 2 amide bonds. The van der Waals surface area contributed by atoms with Crippen molar-refractivity contribution in [2.24, 2.45) is 0 Å². The fraction of sp³-hybridized carbons (Fsp3) is 0.385. The summed E-state index contributed by atoms with van der Waals surface area (Å²) >= 11 is 0. The minimum absolute atomic E-state index is 0.0466. The van der Waals surface area contributed by atoms with Gasteiger partial charge in [0.1, 0.15) is 5.75 Å². The van der Waals surface area contributed by atoms with Crippen molar-refractivity contribution in [2.75, 3.05) is 26.0 Å². The maximum atomic E-state index is 11.6. The van der Waals surface area contributed by atoms with Crippen LogP contribution < -0.4 is 10.6 Å². The van der Waals surface area contributed by atoms with Gasteiger partial charge in [-0.05, 0) is 39.2 Å². The van der Waals surface area contributed by atoms with E-state index in [1.54, 1.807) is 0 Å². The van der Waals surface area contributed by atoms with Gasteiger partial charge in [0, 0.05) is 12.6 Å². The Kier molecular flexibility index (Phi) is 5.33. The predicted octanol–water partition coefficient (Wildman–Crippen LogP) is 1.16. The number of amides is 2. The quantitative estimate of drug-likeness (QED) is 0.607. The number of carboxylic acid groups (broad SMARTS) is 1. The number of nitrogens with zero attached hydrogens (tertiary/aromatic N) is 1. The van der Waals surface area contributed by atoms with Crippen LogP contribution in [0.25, 0.3) is 0 Å². The lowest BCUT2D eigenvalue weighted by Gasteiger charge is -2.20. The highest BCUT2D eigenvalue weighted by molar-refractivity contribution is 5.93. The monoisotopic (exact) mass is 281 g/mol. The van der Waals surface area contributed by atoms with E-state index < -0.39 is 12.0 Å². The van der Waals surface area contributed by atoms with Gasteiger partial charge in [-0.1, -0.05) is 0 Å². The molecule has 1 rings (SSSR count). The normalized spacial score (nSPS) is 12.0. The Bertz CT molecular complexity index is 502. The van der Waals surface area contributed by atoms with Crippen LogP contribution in [-0.2, 0) is 0 Å². The summed E-state index contributed by atoms with van der Waals surface area (Å²) < 4.78 is 0. The number of carboxylic acids is 1. The lowest BCUT2D eigenvalue weighted by molar-refractivity contribution is 0.0696. The van der Waals surface area contributed by atoms with Crippen molar-refractivity contribution in [2.45, 2.75) is 13.0 Å². The van der Waals surface area contributed by atoms with Gasteiger partial charge in [0.15, 0.2) is 0 Å². The lowest BCUT2D eigenvalue weighted by atomic mass is 10.2. The molecule has 0 aromatic heterocycles. The van der Waals surface area contributed by atoms with Crippen LogP contribution >= 0.6 is 0 Å². The van der Waals surface area contributed by atoms with Crippen molar-refractivity contribution in [3.05, 3.63) is 23.8 Å². The van der Waals surface area contributed by atoms with E-state index in [1.807, 2.05) is 25.9 Å². The molecule has 0 aliphatic rings. The van der Waals surface area contributed by atoms with E-state index in [-0.39, 0.29) is 23.0 Å². The number of aromatic carboxylic acids is 1. The Balaban J connectivity index is 2.60. The number of anilines is 1. The molecule has 0 spiro atoms. The van der Waals surface area contributed by atoms with E-state index in [1.165, 1.54) is 12.1 Å². The number of benzene rings is 1. The summed E-state index contributed by atoms with van der Waals surface area (Å²) in [5.41, 5.74) is 0.111. The summed E-state index contributed by atoms with van der Waals surface area (Å²) in [6.45, 7) is 2.41. The zero-order chi connectivity index (χ0) is 15.3. The molecule has 0 saturated heterocycles. The Morgan fingerprint density at radius 3 is 2.50 bits per heavy atom. The van der Waals surface area contributed by atoms with Crippen LogP contribution in [0.1, 0.15) is 17.3 Å². The average molecular weight is 281 g/mol. The highest BCUT2D eigenvalue weighted by atomic mass is 16.4. The van der Waals surface area contributed by atoms with Crippen molar-refractivity contribution in [3.8, 4) is 5.75 Å². The minimum atomic E-state index is -1.14. The first kappa shape index (κ1) is 15.8. The van der Waals surface area contributed by atoms with Gasteiger partial charge in [0.2, 0.25) is 0 Å². The van der Waals surface area contributed by atoms with Crippen LogP contribution in [0.4, 0.5) is 10.5 Å². The number of rotatable bonds is 5. The SMILES string of the molecule is CC(CNC(=O)Nc1ccc(C(=O)O)cc1O)N(C)C. The van der Waals surface area contributed by atoms with Gasteiger partial charge < -0.3 is 25.7 Å². The molecule has 1 atom stereocenters. The molecule has 0 heterocycles. The second kappa shape index (κ2) is 6.76. The van der Waals surface area contributed by atoms with E-state index in [0.717, 1.165) is 6.07 Å². The second-order valence-electron chi connectivity index (χ2n) is 4.68. The molecule has 7 heteroatoms. The number of hydrogen-bond donors (Lipinski definition) is 4. The first-order valence-corrected chi connectivity index (χ1v) is 6.09. The Morgan fingerprint density at radius 2 is 2.00 bits per heavy atom. The number of phenolic OH excluding ortho intramolecular Hbond substituents is 1.